The lowest BCUT2D eigenvalue weighted by Gasteiger charge is -2.35. The molecule has 53 heavy (non-hydrogen) atoms. The highest BCUT2D eigenvalue weighted by atomic mass is 32.2. The van der Waals surface area contributed by atoms with E-state index in [1.807, 2.05) is 49.2 Å². The molecule has 0 spiro atoms. The lowest BCUT2D eigenvalue weighted by Crippen LogP contribution is -2.48. The number of nitrogens with one attached hydrogen (secondary N) is 1. The van der Waals surface area contributed by atoms with Crippen molar-refractivity contribution >= 4 is 44.4 Å². The molecule has 2 fully saturated rings. The Kier molecular flexibility index (Phi) is 10.1. The van der Waals surface area contributed by atoms with Crippen molar-refractivity contribution in [3.8, 4) is 17.0 Å². The number of amides is 2. The maximum atomic E-state index is 14.5. The molecule has 3 aliphatic rings. The maximum Gasteiger partial charge on any atom is 0.264 e. The molecule has 1 saturated carbocycles. The summed E-state index contributed by atoms with van der Waals surface area (Å²) in [6.45, 7) is 12.8. The molecule has 4 aromatic rings. The van der Waals surface area contributed by atoms with Crippen LogP contribution in [0.2, 0.25) is 0 Å². The second kappa shape index (κ2) is 14.5. The average molecular weight is 741 g/mol. The molecule has 4 heterocycles. The number of methoxy groups -OCH3 is 1. The van der Waals surface area contributed by atoms with Crippen molar-refractivity contribution in [2.75, 3.05) is 20.2 Å². The van der Waals surface area contributed by atoms with Gasteiger partial charge in [0, 0.05) is 47.4 Å². The Morgan fingerprint density at radius 1 is 0.925 bits per heavy atom. The Bertz CT molecular complexity index is 2190. The Labute approximate surface area is 313 Å². The first-order valence-electron chi connectivity index (χ1n) is 19.0. The number of sulfonamides is 1. The van der Waals surface area contributed by atoms with E-state index < -0.39 is 21.2 Å². The van der Waals surface area contributed by atoms with Crippen molar-refractivity contribution < 1.29 is 27.5 Å². The number of ether oxygens (including phenoxy) is 2. The van der Waals surface area contributed by atoms with Gasteiger partial charge in [0.1, 0.15) is 5.75 Å². The minimum atomic E-state index is -3.84. The van der Waals surface area contributed by atoms with Gasteiger partial charge in [0.25, 0.3) is 11.8 Å². The molecule has 7 rings (SSSR count). The summed E-state index contributed by atoms with van der Waals surface area (Å²) >= 11 is 0. The van der Waals surface area contributed by atoms with E-state index in [1.54, 1.807) is 27.0 Å². The number of benzene rings is 2. The van der Waals surface area contributed by atoms with Crippen LogP contribution >= 0.6 is 0 Å². The number of carbonyl (C=O) groups excluding carboxylic acids is 2. The van der Waals surface area contributed by atoms with Crippen LogP contribution in [0.25, 0.3) is 33.8 Å². The molecule has 1 saturated heterocycles. The summed E-state index contributed by atoms with van der Waals surface area (Å²) < 4.78 is 44.0. The van der Waals surface area contributed by atoms with E-state index in [0.29, 0.717) is 31.1 Å². The molecule has 2 aromatic heterocycles. The minimum Gasteiger partial charge on any atom is -0.497 e. The topological polar surface area (TPSA) is 112 Å². The molecule has 1 N–H and O–H groups in total. The van der Waals surface area contributed by atoms with E-state index in [-0.39, 0.29) is 29.7 Å². The molecule has 1 aliphatic carbocycles. The zero-order chi connectivity index (χ0) is 37.8. The smallest absolute Gasteiger partial charge is 0.264 e. The fourth-order valence-electron chi connectivity index (χ4n) is 8.54. The van der Waals surface area contributed by atoms with Crippen molar-refractivity contribution in [1.82, 2.24) is 18.8 Å². The zero-order valence-electron chi connectivity index (χ0n) is 31.9. The predicted octanol–water partition coefficient (Wildman–Crippen LogP) is 8.02. The predicted molar refractivity (Wildman–Crippen MR) is 210 cm³/mol. The van der Waals surface area contributed by atoms with Gasteiger partial charge in [-0.05, 0) is 119 Å². The molecule has 2 aromatic carbocycles. The van der Waals surface area contributed by atoms with Gasteiger partial charge < -0.3 is 23.5 Å². The molecule has 0 radical (unpaired) electrons. The Balaban J connectivity index is 1.46. The van der Waals surface area contributed by atoms with Crippen LogP contribution in [0, 0.1) is 0 Å². The third kappa shape index (κ3) is 6.94. The summed E-state index contributed by atoms with van der Waals surface area (Å²) in [5.74, 6) is 0.380. The van der Waals surface area contributed by atoms with Crippen LogP contribution in [-0.4, -0.2) is 71.9 Å². The number of carbonyl (C=O) groups is 2. The van der Waals surface area contributed by atoms with Gasteiger partial charge in [-0.2, -0.15) is 0 Å². The number of nitrogens with zero attached hydrogens (tertiary/aromatic N) is 3. The first-order valence-corrected chi connectivity index (χ1v) is 20.6. The lowest BCUT2D eigenvalue weighted by atomic mass is 9.81. The number of aromatic nitrogens is 2. The highest BCUT2D eigenvalue weighted by Gasteiger charge is 2.34. The molecule has 1 unspecified atom stereocenters. The normalized spacial score (nSPS) is 19.6. The number of fused-ring (bicyclic) bond motifs is 5. The van der Waals surface area contributed by atoms with Crippen LogP contribution in [0.1, 0.15) is 123 Å². The number of rotatable bonds is 8. The molecule has 0 bridgehead atoms. The van der Waals surface area contributed by atoms with Crippen LogP contribution in [0.4, 0.5) is 0 Å². The Morgan fingerprint density at radius 2 is 1.64 bits per heavy atom. The van der Waals surface area contributed by atoms with Crippen molar-refractivity contribution in [2.45, 2.75) is 110 Å². The summed E-state index contributed by atoms with van der Waals surface area (Å²) in [6, 6.07) is 13.8. The van der Waals surface area contributed by atoms with E-state index in [2.05, 4.69) is 45.9 Å². The van der Waals surface area contributed by atoms with Crippen molar-refractivity contribution in [3.63, 3.8) is 0 Å². The maximum absolute atomic E-state index is 14.5. The number of hydrogen-bond donors (Lipinski definition) is 1. The second-order valence-electron chi connectivity index (χ2n) is 15.6. The third-order valence-electron chi connectivity index (χ3n) is 11.1. The highest BCUT2D eigenvalue weighted by molar-refractivity contribution is 7.90. The number of allylic oxidation sites excluding steroid dienone is 1. The van der Waals surface area contributed by atoms with Crippen LogP contribution in [-0.2, 0) is 21.3 Å². The van der Waals surface area contributed by atoms with E-state index in [0.717, 1.165) is 70.4 Å². The SMILES string of the molecule is COc1ccc2c(c1)C=C(c1c(C(=O)N3CC(C)O[C@@H](C)C3)ccn1C(C)C)Cn1c-2c(C2CCCCC2)c2ccc(C(=O)NS(=O)(=O)C(C)C)cc21. The van der Waals surface area contributed by atoms with E-state index >= 15 is 0 Å². The standard InChI is InChI=1S/C42H52N4O6S/c1-25(2)45-18-17-36(42(48)44-22-27(5)52-28(6)23-44)39(45)32-19-31-20-33(51-7)14-16-34(31)40-38(29-11-9-8-10-12-29)35-15-13-30(21-37(35)46(40)24-32)41(47)43-53(49,50)26(3)4/h13-21,25-29H,8-12,22-24H2,1-7H3,(H,43,47)/t27-,28?/m0/s1. The summed E-state index contributed by atoms with van der Waals surface area (Å²) in [5.41, 5.74) is 7.98. The van der Waals surface area contributed by atoms with Gasteiger partial charge >= 0.3 is 0 Å². The lowest BCUT2D eigenvalue weighted by molar-refractivity contribution is -0.0586. The van der Waals surface area contributed by atoms with Crippen molar-refractivity contribution in [1.29, 1.82) is 0 Å². The van der Waals surface area contributed by atoms with Crippen molar-refractivity contribution in [2.24, 2.45) is 0 Å². The first kappa shape index (κ1) is 37.0. The highest BCUT2D eigenvalue weighted by Crippen LogP contribution is 2.48. The first-order chi connectivity index (χ1) is 25.3. The molecule has 282 valence electrons. The zero-order valence-corrected chi connectivity index (χ0v) is 32.8. The Morgan fingerprint density at radius 3 is 2.30 bits per heavy atom. The van der Waals surface area contributed by atoms with Gasteiger partial charge in [-0.3, -0.25) is 9.59 Å². The second-order valence-corrected chi connectivity index (χ2v) is 17.8. The molecule has 10 nitrogen and oxygen atoms in total. The van der Waals surface area contributed by atoms with Crippen LogP contribution < -0.4 is 9.46 Å². The quantitative estimate of drug-likeness (QED) is 0.196. The molecule has 2 aliphatic heterocycles. The van der Waals surface area contributed by atoms with Crippen LogP contribution in [0.3, 0.4) is 0 Å². The fourth-order valence-corrected chi connectivity index (χ4v) is 9.15. The molecule has 2 atom stereocenters. The summed E-state index contributed by atoms with van der Waals surface area (Å²) in [7, 11) is -2.16. The van der Waals surface area contributed by atoms with Crippen molar-refractivity contribution in [3.05, 3.63) is 76.6 Å². The van der Waals surface area contributed by atoms with E-state index in [9.17, 15) is 18.0 Å². The van der Waals surface area contributed by atoms with E-state index in [1.165, 1.54) is 12.0 Å². The fraction of sp³-hybridized carbons (Fsp3) is 0.476. The molecule has 11 heteroatoms. The monoisotopic (exact) mass is 740 g/mol. The summed E-state index contributed by atoms with van der Waals surface area (Å²) in [5, 5.41) is 0.307. The van der Waals surface area contributed by atoms with Gasteiger partial charge in [-0.15, -0.1) is 0 Å². The largest absolute Gasteiger partial charge is 0.497 e. The number of hydrogen-bond acceptors (Lipinski definition) is 6. The summed E-state index contributed by atoms with van der Waals surface area (Å²) in [6.07, 6.45) is 9.72. The molecule has 2 amide bonds. The van der Waals surface area contributed by atoms with Crippen LogP contribution in [0.15, 0.2) is 48.7 Å². The minimum absolute atomic E-state index is 0.0248. The van der Waals surface area contributed by atoms with Crippen LogP contribution in [0.5, 0.6) is 5.75 Å². The number of morpholine rings is 1. The molecular formula is C42H52N4O6S. The molecular weight excluding hydrogens is 689 g/mol. The van der Waals surface area contributed by atoms with Gasteiger partial charge in [-0.1, -0.05) is 25.3 Å². The summed E-state index contributed by atoms with van der Waals surface area (Å²) in [4.78, 5) is 29.9. The Hall–Kier alpha value is -4.35. The van der Waals surface area contributed by atoms with Gasteiger partial charge in [0.05, 0.1) is 48.1 Å². The average Bonchev–Trinajstić information content (AvgIpc) is 3.66. The van der Waals surface area contributed by atoms with Gasteiger partial charge in [0.2, 0.25) is 10.0 Å². The van der Waals surface area contributed by atoms with Gasteiger partial charge in [0.15, 0.2) is 0 Å². The van der Waals surface area contributed by atoms with E-state index in [4.69, 9.17) is 9.47 Å². The van der Waals surface area contributed by atoms with Gasteiger partial charge in [-0.25, -0.2) is 13.1 Å². The third-order valence-corrected chi connectivity index (χ3v) is 12.8.